The van der Waals surface area contributed by atoms with Gasteiger partial charge in [0.15, 0.2) is 9.84 Å². The number of benzene rings is 2. The smallest absolute Gasteiger partial charge is 0.226 e. The monoisotopic (exact) mass is 537 g/mol. The maximum absolute atomic E-state index is 13.4. The summed E-state index contributed by atoms with van der Waals surface area (Å²) in [5.74, 6) is -0.0959. The molecular formula is C28H37Cl2NO3S. The Morgan fingerprint density at radius 2 is 1.54 bits per heavy atom. The molecule has 0 aliphatic carbocycles. The number of amides is 1. The van der Waals surface area contributed by atoms with Gasteiger partial charge in [0, 0.05) is 22.0 Å². The van der Waals surface area contributed by atoms with E-state index in [-0.39, 0.29) is 35.6 Å². The molecule has 4 nitrogen and oxygen atoms in total. The van der Waals surface area contributed by atoms with Gasteiger partial charge >= 0.3 is 0 Å². The van der Waals surface area contributed by atoms with Crippen molar-refractivity contribution in [1.82, 2.24) is 4.90 Å². The highest BCUT2D eigenvalue weighted by Crippen LogP contribution is 2.39. The lowest BCUT2D eigenvalue weighted by molar-refractivity contribution is -0.146. The number of carbonyl (C=O) groups excluding carboxylic acids is 1. The van der Waals surface area contributed by atoms with Crippen LogP contribution >= 0.6 is 23.2 Å². The van der Waals surface area contributed by atoms with Crippen molar-refractivity contribution >= 4 is 38.9 Å². The normalized spacial score (nSPS) is 19.3. The lowest BCUT2D eigenvalue weighted by Gasteiger charge is -2.45. The topological polar surface area (TPSA) is 54.5 Å². The van der Waals surface area contributed by atoms with Crippen molar-refractivity contribution < 1.29 is 13.2 Å². The molecule has 1 aliphatic heterocycles. The Morgan fingerprint density at radius 3 is 2.00 bits per heavy atom. The van der Waals surface area contributed by atoms with Crippen molar-refractivity contribution in [1.29, 1.82) is 0 Å². The van der Waals surface area contributed by atoms with Crippen molar-refractivity contribution in [2.75, 3.05) is 5.75 Å². The number of halogens is 2. The van der Waals surface area contributed by atoms with E-state index in [0.29, 0.717) is 11.4 Å². The molecule has 3 atom stereocenters. The summed E-state index contributed by atoms with van der Waals surface area (Å²) in [6, 6.07) is 16.5. The molecule has 0 aromatic heterocycles. The summed E-state index contributed by atoms with van der Waals surface area (Å²) < 4.78 is 25.4. The Kier molecular flexibility index (Phi) is 11.3. The third-order valence-corrected chi connectivity index (χ3v) is 9.16. The molecule has 1 fully saturated rings. The summed E-state index contributed by atoms with van der Waals surface area (Å²) in [5.41, 5.74) is 1.00. The van der Waals surface area contributed by atoms with Crippen LogP contribution in [-0.2, 0) is 14.6 Å². The highest BCUT2D eigenvalue weighted by molar-refractivity contribution is 7.92. The Morgan fingerprint density at radius 1 is 0.971 bits per heavy atom. The number of allylic oxidation sites excluding steroid dienone is 1. The molecular weight excluding hydrogens is 501 g/mol. The maximum atomic E-state index is 13.4. The van der Waals surface area contributed by atoms with E-state index in [4.69, 9.17) is 23.2 Å². The second-order valence-corrected chi connectivity index (χ2v) is 13.1. The van der Waals surface area contributed by atoms with Gasteiger partial charge in [0.05, 0.1) is 17.0 Å². The van der Waals surface area contributed by atoms with E-state index in [1.165, 1.54) is 0 Å². The molecule has 1 amide bonds. The molecule has 0 spiro atoms. The summed E-state index contributed by atoms with van der Waals surface area (Å²) in [4.78, 5) is 15.3. The zero-order valence-electron chi connectivity index (χ0n) is 21.0. The summed E-state index contributed by atoms with van der Waals surface area (Å²) in [6.45, 7) is 11.2. The SMILES string of the molecule is C=CCC1CCC(c2ccc(Cl)cc2)N(C(CS(=O)(=O)C(C)C)C(C)C)C1=O.Clc1ccccc1. The van der Waals surface area contributed by atoms with Gasteiger partial charge in [-0.1, -0.05) is 73.5 Å². The molecule has 1 saturated heterocycles. The lowest BCUT2D eigenvalue weighted by atomic mass is 9.84. The van der Waals surface area contributed by atoms with Gasteiger partial charge in [-0.05, 0) is 68.9 Å². The van der Waals surface area contributed by atoms with Gasteiger partial charge < -0.3 is 4.90 Å². The van der Waals surface area contributed by atoms with Crippen LogP contribution in [0.1, 0.15) is 58.6 Å². The van der Waals surface area contributed by atoms with Gasteiger partial charge in [0.1, 0.15) is 0 Å². The Hall–Kier alpha value is -1.82. The number of hydrogen-bond donors (Lipinski definition) is 0. The first-order valence-corrected chi connectivity index (χ1v) is 14.6. The summed E-state index contributed by atoms with van der Waals surface area (Å²) in [5, 5.41) is 0.971. The number of sulfone groups is 1. The highest BCUT2D eigenvalue weighted by Gasteiger charge is 2.42. The minimum absolute atomic E-state index is 0.0149. The first kappa shape index (κ1) is 29.4. The van der Waals surface area contributed by atoms with Crippen LogP contribution in [0.25, 0.3) is 0 Å². The highest BCUT2D eigenvalue weighted by atomic mass is 35.5. The predicted octanol–water partition coefficient (Wildman–Crippen LogP) is 7.38. The number of carbonyl (C=O) groups is 1. The molecule has 0 N–H and O–H groups in total. The van der Waals surface area contributed by atoms with Crippen molar-refractivity contribution in [3.63, 3.8) is 0 Å². The molecule has 0 bridgehead atoms. The fraction of sp³-hybridized carbons (Fsp3) is 0.464. The maximum Gasteiger partial charge on any atom is 0.226 e. The standard InChI is InChI=1S/C22H32ClNO3S.C6H5Cl/c1-6-7-18-10-13-20(17-8-11-19(23)12-9-17)24(22(18)25)21(15(2)3)14-28(26,27)16(4)5;7-6-4-2-1-3-5-6/h6,8-9,11-12,15-16,18,20-21H,1,7,10,13-14H2,2-5H3;1-5H. The largest absolute Gasteiger partial charge is 0.331 e. The second kappa shape index (κ2) is 13.5. The van der Waals surface area contributed by atoms with Crippen LogP contribution in [0.4, 0.5) is 0 Å². The van der Waals surface area contributed by atoms with Crippen LogP contribution in [0.2, 0.25) is 10.0 Å². The quantitative estimate of drug-likeness (QED) is 0.330. The van der Waals surface area contributed by atoms with E-state index in [1.54, 1.807) is 19.9 Å². The van der Waals surface area contributed by atoms with Crippen molar-refractivity contribution in [3.8, 4) is 0 Å². The Balaban J connectivity index is 0.000000527. The fourth-order valence-corrected chi connectivity index (χ4v) is 5.93. The zero-order valence-corrected chi connectivity index (χ0v) is 23.4. The number of hydrogen-bond acceptors (Lipinski definition) is 3. The molecule has 2 aromatic rings. The zero-order chi connectivity index (χ0) is 26.2. The van der Waals surface area contributed by atoms with Crippen LogP contribution in [0.15, 0.2) is 67.3 Å². The number of likely N-dealkylation sites (tertiary alicyclic amines) is 1. The lowest BCUT2D eigenvalue weighted by Crippen LogP contribution is -2.53. The van der Waals surface area contributed by atoms with Crippen molar-refractivity contribution in [3.05, 3.63) is 82.9 Å². The average molecular weight is 539 g/mol. The van der Waals surface area contributed by atoms with Crippen LogP contribution in [0.3, 0.4) is 0 Å². The van der Waals surface area contributed by atoms with E-state index in [1.807, 2.05) is 73.3 Å². The van der Waals surface area contributed by atoms with Crippen molar-refractivity contribution in [2.45, 2.75) is 64.3 Å². The summed E-state index contributed by atoms with van der Waals surface area (Å²) >= 11 is 11.6. The molecule has 192 valence electrons. The number of nitrogens with zero attached hydrogens (tertiary/aromatic N) is 1. The van der Waals surface area contributed by atoms with Gasteiger partial charge in [-0.25, -0.2) is 8.42 Å². The Labute approximate surface area is 221 Å². The van der Waals surface area contributed by atoms with Gasteiger partial charge in [-0.2, -0.15) is 0 Å². The Bertz CT molecular complexity index is 1050. The molecule has 1 aliphatic rings. The van der Waals surface area contributed by atoms with Crippen molar-refractivity contribution in [2.24, 2.45) is 11.8 Å². The van der Waals surface area contributed by atoms with E-state index in [2.05, 4.69) is 6.58 Å². The molecule has 3 unspecified atom stereocenters. The molecule has 7 heteroatoms. The molecule has 0 saturated carbocycles. The molecule has 1 heterocycles. The van der Waals surface area contributed by atoms with Crippen LogP contribution in [0, 0.1) is 11.8 Å². The molecule has 2 aromatic carbocycles. The minimum Gasteiger partial charge on any atom is -0.331 e. The average Bonchev–Trinajstić information content (AvgIpc) is 2.80. The number of piperidine rings is 1. The third-order valence-electron chi connectivity index (χ3n) is 6.42. The minimum atomic E-state index is -3.29. The fourth-order valence-electron chi connectivity index (χ4n) is 4.25. The van der Waals surface area contributed by atoms with Gasteiger partial charge in [0.2, 0.25) is 5.91 Å². The molecule has 35 heavy (non-hydrogen) atoms. The first-order chi connectivity index (χ1) is 16.5. The summed E-state index contributed by atoms with van der Waals surface area (Å²) in [6.07, 6.45) is 3.97. The van der Waals surface area contributed by atoms with E-state index < -0.39 is 15.1 Å². The van der Waals surface area contributed by atoms with E-state index in [9.17, 15) is 13.2 Å². The molecule has 0 radical (unpaired) electrons. The van der Waals surface area contributed by atoms with Gasteiger partial charge in [-0.15, -0.1) is 6.58 Å². The number of rotatable bonds is 8. The van der Waals surface area contributed by atoms with Crippen LogP contribution in [-0.4, -0.2) is 36.3 Å². The summed E-state index contributed by atoms with van der Waals surface area (Å²) in [7, 11) is -3.29. The van der Waals surface area contributed by atoms with E-state index >= 15 is 0 Å². The second-order valence-electron chi connectivity index (χ2n) is 9.60. The predicted molar refractivity (Wildman–Crippen MR) is 148 cm³/mol. The third kappa shape index (κ3) is 8.37. The van der Waals surface area contributed by atoms with Crippen LogP contribution < -0.4 is 0 Å². The van der Waals surface area contributed by atoms with E-state index in [0.717, 1.165) is 23.4 Å². The first-order valence-electron chi connectivity index (χ1n) is 12.1. The molecule has 3 rings (SSSR count). The van der Waals surface area contributed by atoms with Gasteiger partial charge in [0.25, 0.3) is 0 Å². The van der Waals surface area contributed by atoms with Gasteiger partial charge in [-0.3, -0.25) is 4.79 Å². The van der Waals surface area contributed by atoms with Crippen LogP contribution in [0.5, 0.6) is 0 Å².